The maximum absolute atomic E-state index is 11.7. The standard InChI is InChI=1S/C15H18N2O2S.C2H7NO/c1-2-17-14-9-8-12(16)10-13(14)15(20(18)19)11-6-4-3-5-7-11;3-1-2-4/h3-10,15,17,20H,2,16H2,1H3;4H,1-3H2. The SMILES string of the molecule is CCNc1ccc(N)cc1C(c1ccccc1)[SH](=O)=O.NCCO. The normalized spacial score (nSPS) is 11.5. The number of benzene rings is 2. The second kappa shape index (κ2) is 10.6. The summed E-state index contributed by atoms with van der Waals surface area (Å²) in [5.74, 6) is 0. The second-order valence-electron chi connectivity index (χ2n) is 4.99. The smallest absolute Gasteiger partial charge is 0.151 e. The Hall–Kier alpha value is -2.09. The highest BCUT2D eigenvalue weighted by atomic mass is 32.2. The van der Waals surface area contributed by atoms with Crippen molar-refractivity contribution in [1.29, 1.82) is 0 Å². The zero-order valence-electron chi connectivity index (χ0n) is 13.7. The van der Waals surface area contributed by atoms with Crippen LogP contribution in [0.4, 0.5) is 11.4 Å². The van der Waals surface area contributed by atoms with E-state index in [2.05, 4.69) is 5.32 Å². The number of rotatable bonds is 6. The van der Waals surface area contributed by atoms with Crippen LogP contribution in [0, 0.1) is 0 Å². The van der Waals surface area contributed by atoms with Gasteiger partial charge in [0.2, 0.25) is 0 Å². The number of nitrogen functional groups attached to an aromatic ring is 1. The van der Waals surface area contributed by atoms with Crippen molar-refractivity contribution in [3.8, 4) is 0 Å². The summed E-state index contributed by atoms with van der Waals surface area (Å²) in [6.45, 7) is 3.16. The molecule has 6 nitrogen and oxygen atoms in total. The molecule has 0 saturated carbocycles. The van der Waals surface area contributed by atoms with Gasteiger partial charge in [-0.05, 0) is 36.2 Å². The Balaban J connectivity index is 0.000000648. The van der Waals surface area contributed by atoms with Gasteiger partial charge in [-0.15, -0.1) is 0 Å². The van der Waals surface area contributed by atoms with Gasteiger partial charge in [-0.3, -0.25) is 0 Å². The Morgan fingerprint density at radius 1 is 1.17 bits per heavy atom. The Bertz CT molecular complexity index is 681. The van der Waals surface area contributed by atoms with Crippen molar-refractivity contribution in [3.63, 3.8) is 0 Å². The molecule has 1 atom stereocenters. The minimum atomic E-state index is -2.65. The largest absolute Gasteiger partial charge is 0.399 e. The van der Waals surface area contributed by atoms with Crippen LogP contribution in [-0.4, -0.2) is 33.2 Å². The van der Waals surface area contributed by atoms with Gasteiger partial charge in [-0.2, -0.15) is 0 Å². The summed E-state index contributed by atoms with van der Waals surface area (Å²) in [5, 5.41) is 10.2. The van der Waals surface area contributed by atoms with Gasteiger partial charge >= 0.3 is 0 Å². The third-order valence-electron chi connectivity index (χ3n) is 3.19. The fraction of sp³-hybridized carbons (Fsp3) is 0.294. The third-order valence-corrected chi connectivity index (χ3v) is 4.19. The summed E-state index contributed by atoms with van der Waals surface area (Å²) in [6.07, 6.45) is 0. The second-order valence-corrected chi connectivity index (χ2v) is 6.07. The topological polar surface area (TPSA) is 118 Å². The molecule has 0 aliphatic carbocycles. The van der Waals surface area contributed by atoms with Crippen molar-refractivity contribution in [2.75, 3.05) is 30.7 Å². The van der Waals surface area contributed by atoms with E-state index < -0.39 is 16.0 Å². The van der Waals surface area contributed by atoms with Crippen LogP contribution in [0.25, 0.3) is 0 Å². The maximum Gasteiger partial charge on any atom is 0.151 e. The van der Waals surface area contributed by atoms with Crippen LogP contribution in [0.2, 0.25) is 0 Å². The van der Waals surface area contributed by atoms with Crippen molar-refractivity contribution in [2.24, 2.45) is 5.73 Å². The summed E-state index contributed by atoms with van der Waals surface area (Å²) in [7, 11) is -2.65. The molecule has 0 aliphatic heterocycles. The van der Waals surface area contributed by atoms with E-state index in [1.165, 1.54) is 0 Å². The number of nitrogens with two attached hydrogens (primary N) is 2. The summed E-state index contributed by atoms with van der Waals surface area (Å²) in [4.78, 5) is 0. The first-order chi connectivity index (χ1) is 11.5. The first kappa shape index (κ1) is 20.0. The molecule has 2 aromatic rings. The maximum atomic E-state index is 11.7. The Kier molecular flexibility index (Phi) is 8.85. The van der Waals surface area contributed by atoms with Gasteiger partial charge in [0.05, 0.1) is 6.61 Å². The molecule has 2 aromatic carbocycles. The molecule has 0 aromatic heterocycles. The number of thiol groups is 1. The molecule has 0 amide bonds. The third kappa shape index (κ3) is 5.84. The lowest BCUT2D eigenvalue weighted by Gasteiger charge is -2.17. The Labute approximate surface area is 144 Å². The van der Waals surface area contributed by atoms with Crippen molar-refractivity contribution in [2.45, 2.75) is 12.2 Å². The Morgan fingerprint density at radius 2 is 1.79 bits per heavy atom. The number of nitrogens with one attached hydrogen (secondary N) is 1. The molecule has 24 heavy (non-hydrogen) atoms. The van der Waals surface area contributed by atoms with Gasteiger partial charge in [0.1, 0.15) is 5.25 Å². The van der Waals surface area contributed by atoms with Gasteiger partial charge in [-0.1, -0.05) is 30.3 Å². The highest BCUT2D eigenvalue weighted by Gasteiger charge is 2.20. The number of aliphatic hydroxyl groups is 1. The summed E-state index contributed by atoms with van der Waals surface area (Å²) < 4.78 is 23.5. The minimum Gasteiger partial charge on any atom is -0.399 e. The van der Waals surface area contributed by atoms with E-state index in [0.29, 0.717) is 24.3 Å². The molecule has 132 valence electrons. The average molecular weight is 351 g/mol. The molecule has 0 heterocycles. The van der Waals surface area contributed by atoms with E-state index in [0.717, 1.165) is 11.3 Å². The van der Waals surface area contributed by atoms with Gasteiger partial charge in [0.15, 0.2) is 10.7 Å². The monoisotopic (exact) mass is 351 g/mol. The fourth-order valence-electron chi connectivity index (χ4n) is 2.21. The summed E-state index contributed by atoms with van der Waals surface area (Å²) in [6, 6.07) is 14.5. The van der Waals surface area contributed by atoms with Crippen LogP contribution in [0.1, 0.15) is 23.3 Å². The molecule has 0 bridgehead atoms. The predicted octanol–water partition coefficient (Wildman–Crippen LogP) is 1.34. The molecule has 2 rings (SSSR count). The molecular weight excluding hydrogens is 326 g/mol. The van der Waals surface area contributed by atoms with Crippen molar-refractivity contribution >= 4 is 22.1 Å². The van der Waals surface area contributed by atoms with Crippen LogP contribution in [-0.2, 0) is 10.7 Å². The van der Waals surface area contributed by atoms with E-state index in [-0.39, 0.29) is 6.61 Å². The lowest BCUT2D eigenvalue weighted by Crippen LogP contribution is -2.09. The van der Waals surface area contributed by atoms with Crippen LogP contribution in [0.3, 0.4) is 0 Å². The molecule has 1 unspecified atom stereocenters. The zero-order valence-corrected chi connectivity index (χ0v) is 14.6. The van der Waals surface area contributed by atoms with Crippen LogP contribution in [0.5, 0.6) is 0 Å². The molecule has 0 aliphatic rings. The van der Waals surface area contributed by atoms with Crippen LogP contribution >= 0.6 is 0 Å². The zero-order chi connectivity index (χ0) is 17.9. The number of hydrogen-bond acceptors (Lipinski definition) is 6. The molecule has 6 N–H and O–H groups in total. The lowest BCUT2D eigenvalue weighted by molar-refractivity contribution is 0.306. The van der Waals surface area contributed by atoms with E-state index in [1.807, 2.05) is 43.3 Å². The number of anilines is 2. The summed E-state index contributed by atoms with van der Waals surface area (Å²) in [5.41, 5.74) is 13.4. The van der Waals surface area contributed by atoms with Crippen LogP contribution < -0.4 is 16.8 Å². The van der Waals surface area contributed by atoms with Crippen molar-refractivity contribution < 1.29 is 13.5 Å². The molecule has 0 radical (unpaired) electrons. The van der Waals surface area contributed by atoms with E-state index >= 15 is 0 Å². The fourth-order valence-corrected chi connectivity index (χ4v) is 3.07. The number of aliphatic hydroxyl groups excluding tert-OH is 1. The average Bonchev–Trinajstić information content (AvgIpc) is 2.58. The van der Waals surface area contributed by atoms with E-state index in [9.17, 15) is 8.42 Å². The van der Waals surface area contributed by atoms with Gasteiger partial charge in [-0.25, -0.2) is 8.42 Å². The van der Waals surface area contributed by atoms with Crippen molar-refractivity contribution in [1.82, 2.24) is 0 Å². The molecule has 7 heteroatoms. The quantitative estimate of drug-likeness (QED) is 0.396. The summed E-state index contributed by atoms with van der Waals surface area (Å²) >= 11 is 0. The van der Waals surface area contributed by atoms with Crippen LogP contribution in [0.15, 0.2) is 48.5 Å². The molecule has 0 fully saturated rings. The van der Waals surface area contributed by atoms with E-state index in [1.54, 1.807) is 12.1 Å². The van der Waals surface area contributed by atoms with Gasteiger partial charge in [0, 0.05) is 24.5 Å². The Morgan fingerprint density at radius 3 is 2.29 bits per heavy atom. The van der Waals surface area contributed by atoms with Gasteiger partial charge < -0.3 is 21.9 Å². The van der Waals surface area contributed by atoms with Crippen molar-refractivity contribution in [3.05, 3.63) is 59.7 Å². The highest BCUT2D eigenvalue weighted by molar-refractivity contribution is 7.73. The number of hydrogen-bond donors (Lipinski definition) is 5. The minimum absolute atomic E-state index is 0.0972. The van der Waals surface area contributed by atoms with E-state index in [4.69, 9.17) is 16.6 Å². The lowest BCUT2D eigenvalue weighted by atomic mass is 10.0. The predicted molar refractivity (Wildman–Crippen MR) is 99.8 cm³/mol. The van der Waals surface area contributed by atoms with Gasteiger partial charge in [0.25, 0.3) is 0 Å². The first-order valence-corrected chi connectivity index (χ1v) is 8.92. The first-order valence-electron chi connectivity index (χ1n) is 7.67. The molecular formula is C17H25N3O3S. The highest BCUT2D eigenvalue weighted by Crippen LogP contribution is 2.32. The molecule has 0 spiro atoms. The molecule has 0 saturated heterocycles.